The second kappa shape index (κ2) is 13.5. The molecule has 6 nitrogen and oxygen atoms in total. The second-order valence-corrected chi connectivity index (χ2v) is 9.40. The lowest BCUT2D eigenvalue weighted by Gasteiger charge is -2.12. The van der Waals surface area contributed by atoms with Crippen LogP contribution in [0.2, 0.25) is 0 Å². The minimum absolute atomic E-state index is 0.0429. The van der Waals surface area contributed by atoms with E-state index in [2.05, 4.69) is 60.1 Å². The minimum Gasteiger partial charge on any atom is -0.493 e. The molecule has 1 N–H and O–H groups in total. The van der Waals surface area contributed by atoms with Crippen molar-refractivity contribution in [1.29, 1.82) is 0 Å². The fourth-order valence-corrected chi connectivity index (χ4v) is 4.36. The van der Waals surface area contributed by atoms with E-state index in [1.54, 1.807) is 0 Å². The first-order valence-electron chi connectivity index (χ1n) is 13.2. The van der Waals surface area contributed by atoms with Crippen LogP contribution in [0.4, 0.5) is 0 Å². The molecule has 0 spiro atoms. The predicted octanol–water partition coefficient (Wildman–Crippen LogP) is 6.03. The first-order valence-corrected chi connectivity index (χ1v) is 13.2. The van der Waals surface area contributed by atoms with Crippen LogP contribution in [0.25, 0.3) is 11.0 Å². The monoisotopic (exact) mass is 499 g/mol. The summed E-state index contributed by atoms with van der Waals surface area (Å²) in [5, 5.41) is 2.94. The lowest BCUT2D eigenvalue weighted by molar-refractivity contribution is -0.123. The van der Waals surface area contributed by atoms with Crippen LogP contribution in [0, 0.1) is 13.8 Å². The molecule has 0 fully saturated rings. The van der Waals surface area contributed by atoms with Crippen LogP contribution in [-0.2, 0) is 17.8 Å². The molecule has 4 aromatic rings. The van der Waals surface area contributed by atoms with Gasteiger partial charge in [0.15, 0.2) is 6.61 Å². The van der Waals surface area contributed by atoms with E-state index < -0.39 is 0 Å². The van der Waals surface area contributed by atoms with E-state index in [0.29, 0.717) is 18.9 Å². The van der Waals surface area contributed by atoms with Crippen LogP contribution in [-0.4, -0.2) is 35.2 Å². The number of unbranched alkanes of at least 4 members (excludes halogenated alkanes) is 2. The lowest BCUT2D eigenvalue weighted by atomic mass is 10.1. The van der Waals surface area contributed by atoms with E-state index in [1.165, 1.54) is 16.6 Å². The van der Waals surface area contributed by atoms with Crippen LogP contribution in [0.3, 0.4) is 0 Å². The van der Waals surface area contributed by atoms with Gasteiger partial charge in [-0.3, -0.25) is 4.79 Å². The van der Waals surface area contributed by atoms with Gasteiger partial charge in [0.1, 0.15) is 17.3 Å². The Balaban J connectivity index is 1.20. The molecule has 1 aromatic heterocycles. The Labute approximate surface area is 219 Å². The van der Waals surface area contributed by atoms with E-state index in [-0.39, 0.29) is 12.5 Å². The van der Waals surface area contributed by atoms with Crippen molar-refractivity contribution in [3.8, 4) is 11.5 Å². The van der Waals surface area contributed by atoms with Crippen molar-refractivity contribution >= 4 is 16.9 Å². The van der Waals surface area contributed by atoms with Crippen molar-refractivity contribution in [2.75, 3.05) is 19.8 Å². The first kappa shape index (κ1) is 26.3. The maximum Gasteiger partial charge on any atom is 0.257 e. The fraction of sp³-hybridized carbons (Fsp3) is 0.355. The van der Waals surface area contributed by atoms with Gasteiger partial charge in [0, 0.05) is 19.5 Å². The molecule has 4 rings (SSSR count). The van der Waals surface area contributed by atoms with E-state index in [9.17, 15) is 4.79 Å². The molecule has 0 saturated heterocycles. The largest absolute Gasteiger partial charge is 0.493 e. The number of hydrogen-bond acceptors (Lipinski definition) is 4. The van der Waals surface area contributed by atoms with Crippen LogP contribution < -0.4 is 14.8 Å². The normalized spacial score (nSPS) is 11.0. The van der Waals surface area contributed by atoms with Gasteiger partial charge in [-0.2, -0.15) is 0 Å². The summed E-state index contributed by atoms with van der Waals surface area (Å²) in [5.41, 5.74) is 4.59. The van der Waals surface area contributed by atoms with Gasteiger partial charge in [-0.15, -0.1) is 0 Å². The third-order valence-corrected chi connectivity index (χ3v) is 6.37. The smallest absolute Gasteiger partial charge is 0.257 e. The summed E-state index contributed by atoms with van der Waals surface area (Å²) in [6.07, 6.45) is 4.81. The molecule has 0 radical (unpaired) electrons. The third-order valence-electron chi connectivity index (χ3n) is 6.37. The molecule has 0 aliphatic heterocycles. The van der Waals surface area contributed by atoms with Crippen LogP contribution in [0.5, 0.6) is 11.5 Å². The number of nitrogens with one attached hydrogen (secondary N) is 1. The fourth-order valence-electron chi connectivity index (χ4n) is 4.36. The summed E-state index contributed by atoms with van der Waals surface area (Å²) in [5.74, 6) is 2.70. The van der Waals surface area contributed by atoms with E-state index in [4.69, 9.17) is 14.5 Å². The number of nitrogens with zero attached hydrogens (tertiary/aromatic N) is 2. The Morgan fingerprint density at radius 3 is 2.57 bits per heavy atom. The lowest BCUT2D eigenvalue weighted by Crippen LogP contribution is -2.29. The summed E-state index contributed by atoms with van der Waals surface area (Å²) >= 11 is 0. The number of carbonyl (C=O) groups excluding carboxylic acids is 1. The highest BCUT2D eigenvalue weighted by Crippen LogP contribution is 2.21. The van der Waals surface area contributed by atoms with Crippen LogP contribution in [0.15, 0.2) is 72.8 Å². The molecular weight excluding hydrogens is 462 g/mol. The number of imidazole rings is 1. The van der Waals surface area contributed by atoms with Crippen LogP contribution >= 0.6 is 0 Å². The van der Waals surface area contributed by atoms with Crippen molar-refractivity contribution in [3.05, 3.63) is 89.7 Å². The van der Waals surface area contributed by atoms with Crippen LogP contribution in [0.1, 0.15) is 42.6 Å². The van der Waals surface area contributed by atoms with Crippen molar-refractivity contribution in [3.63, 3.8) is 0 Å². The molecule has 1 amide bonds. The number of rotatable bonds is 14. The molecule has 0 unspecified atom stereocenters. The standard InChI is InChI=1S/C31H37N3O3/c1-24-17-18-25(2)29(22-24)36-21-11-20-34-28-15-9-8-14-27(28)33-30(34)16-7-4-10-19-32-31(35)23-37-26-12-5-3-6-13-26/h3,5-6,8-9,12-15,17-18,22H,4,7,10-11,16,19-21,23H2,1-2H3,(H,32,35). The van der Waals surface area contributed by atoms with E-state index in [1.807, 2.05) is 36.4 Å². The number of amides is 1. The molecular formula is C31H37N3O3. The molecule has 0 saturated carbocycles. The number of ether oxygens (including phenoxy) is 2. The topological polar surface area (TPSA) is 65.4 Å². The number of benzene rings is 3. The number of aryl methyl sites for hydroxylation is 4. The van der Waals surface area contributed by atoms with Gasteiger partial charge < -0.3 is 19.4 Å². The van der Waals surface area contributed by atoms with E-state index in [0.717, 1.165) is 55.7 Å². The second-order valence-electron chi connectivity index (χ2n) is 9.40. The summed E-state index contributed by atoms with van der Waals surface area (Å²) in [6.45, 7) is 6.41. The summed E-state index contributed by atoms with van der Waals surface area (Å²) in [4.78, 5) is 16.9. The third kappa shape index (κ3) is 7.84. The number of para-hydroxylation sites is 3. The van der Waals surface area contributed by atoms with Gasteiger partial charge in [0.05, 0.1) is 17.6 Å². The number of hydrogen-bond donors (Lipinski definition) is 1. The first-order chi connectivity index (χ1) is 18.1. The predicted molar refractivity (Wildman–Crippen MR) is 148 cm³/mol. The quantitative estimate of drug-likeness (QED) is 0.215. The molecule has 1 heterocycles. The van der Waals surface area contributed by atoms with Crippen molar-refractivity contribution < 1.29 is 14.3 Å². The highest BCUT2D eigenvalue weighted by molar-refractivity contribution is 5.77. The van der Waals surface area contributed by atoms with Gasteiger partial charge in [-0.1, -0.05) is 48.9 Å². The molecule has 194 valence electrons. The Bertz CT molecular complexity index is 1280. The maximum atomic E-state index is 12.0. The molecule has 0 atom stereocenters. The molecule has 3 aromatic carbocycles. The van der Waals surface area contributed by atoms with Gasteiger partial charge >= 0.3 is 0 Å². The highest BCUT2D eigenvalue weighted by atomic mass is 16.5. The Morgan fingerprint density at radius 1 is 0.892 bits per heavy atom. The SMILES string of the molecule is Cc1ccc(C)c(OCCCn2c(CCCCCNC(=O)COc3ccccc3)nc3ccccc32)c1. The molecule has 0 aliphatic rings. The molecule has 37 heavy (non-hydrogen) atoms. The number of fused-ring (bicyclic) bond motifs is 1. The number of carbonyl (C=O) groups is 1. The Morgan fingerprint density at radius 2 is 1.70 bits per heavy atom. The van der Waals surface area contributed by atoms with E-state index >= 15 is 0 Å². The Hall–Kier alpha value is -3.80. The van der Waals surface area contributed by atoms with Gasteiger partial charge in [0.2, 0.25) is 0 Å². The highest BCUT2D eigenvalue weighted by Gasteiger charge is 2.11. The molecule has 0 aliphatic carbocycles. The maximum absolute atomic E-state index is 12.0. The van der Waals surface area contributed by atoms with Crippen molar-refractivity contribution in [1.82, 2.24) is 14.9 Å². The molecule has 0 bridgehead atoms. The van der Waals surface area contributed by atoms with Gasteiger partial charge in [-0.05, 0) is 74.6 Å². The summed E-state index contributed by atoms with van der Waals surface area (Å²) in [7, 11) is 0. The number of aromatic nitrogens is 2. The zero-order valence-corrected chi connectivity index (χ0v) is 21.9. The average molecular weight is 500 g/mol. The van der Waals surface area contributed by atoms with Crippen molar-refractivity contribution in [2.45, 2.75) is 52.5 Å². The Kier molecular flexibility index (Phi) is 9.58. The average Bonchev–Trinajstić information content (AvgIpc) is 3.27. The summed E-state index contributed by atoms with van der Waals surface area (Å²) < 4.78 is 13.9. The minimum atomic E-state index is -0.0891. The molecule has 6 heteroatoms. The summed E-state index contributed by atoms with van der Waals surface area (Å²) in [6, 6.07) is 24.0. The van der Waals surface area contributed by atoms with Crippen molar-refractivity contribution in [2.24, 2.45) is 0 Å². The van der Waals surface area contributed by atoms with Gasteiger partial charge in [0.25, 0.3) is 5.91 Å². The zero-order chi connectivity index (χ0) is 25.9. The van der Waals surface area contributed by atoms with Gasteiger partial charge in [-0.25, -0.2) is 4.98 Å². The zero-order valence-electron chi connectivity index (χ0n) is 21.9.